The molecule has 1 fully saturated rings. The Kier molecular flexibility index (Phi) is 6.65. The van der Waals surface area contributed by atoms with Gasteiger partial charge >= 0.3 is 0 Å². The largest absolute Gasteiger partial charge is 0.306 e. The molecule has 0 amide bonds. The molecule has 0 bridgehead atoms. The number of hydrogen-bond donors (Lipinski definition) is 0. The van der Waals surface area contributed by atoms with Gasteiger partial charge in [-0.25, -0.2) is 0 Å². The molecule has 0 N–H and O–H groups in total. The molecule has 136 valence electrons. The van der Waals surface area contributed by atoms with Crippen molar-refractivity contribution in [2.75, 3.05) is 33.2 Å². The lowest BCUT2D eigenvalue weighted by atomic mass is 9.97. The maximum atomic E-state index is 4.45. The van der Waals surface area contributed by atoms with E-state index in [0.717, 1.165) is 32.0 Å². The quantitative estimate of drug-likeness (QED) is 0.737. The van der Waals surface area contributed by atoms with Crippen molar-refractivity contribution in [2.45, 2.75) is 39.3 Å². The number of rotatable bonds is 8. The van der Waals surface area contributed by atoms with Crippen molar-refractivity contribution in [1.29, 1.82) is 0 Å². The normalized spacial score (nSPS) is 18.8. The molecule has 1 aromatic heterocycles. The maximum Gasteiger partial charge on any atom is 0.0534 e. The van der Waals surface area contributed by atoms with E-state index in [2.05, 4.69) is 65.4 Å². The molecule has 0 radical (unpaired) electrons. The van der Waals surface area contributed by atoms with Gasteiger partial charge in [-0.1, -0.05) is 30.3 Å². The number of hydrogen-bond acceptors (Lipinski definition) is 3. The second kappa shape index (κ2) is 9.16. The van der Waals surface area contributed by atoms with E-state index in [1.165, 1.54) is 43.6 Å². The van der Waals surface area contributed by atoms with Crippen molar-refractivity contribution in [1.82, 2.24) is 19.6 Å². The summed E-state index contributed by atoms with van der Waals surface area (Å²) in [6.45, 7) is 8.88. The zero-order valence-electron chi connectivity index (χ0n) is 15.8. The number of piperidine rings is 1. The lowest BCUT2D eigenvalue weighted by Crippen LogP contribution is -2.39. The van der Waals surface area contributed by atoms with Gasteiger partial charge in [0, 0.05) is 44.5 Å². The van der Waals surface area contributed by atoms with E-state index in [0.29, 0.717) is 0 Å². The van der Waals surface area contributed by atoms with E-state index in [1.807, 2.05) is 10.9 Å². The SMILES string of the molecule is CCn1cc(CN(CCc2ccccc2)CC2CCCN(C)C2)cn1. The predicted molar refractivity (Wildman–Crippen MR) is 104 cm³/mol. The molecule has 1 aromatic carbocycles. The third kappa shape index (κ3) is 5.68. The average molecular weight is 341 g/mol. The molecule has 1 unspecified atom stereocenters. The average Bonchev–Trinajstić information content (AvgIpc) is 3.08. The standard InChI is InChI=1S/C21H32N4/c1-3-25-18-21(14-22-25)17-24(13-11-19-8-5-4-6-9-19)16-20-10-7-12-23(2)15-20/h4-6,8-9,14,18,20H,3,7,10-13,15-17H2,1-2H3. The number of nitrogens with zero attached hydrogens (tertiary/aromatic N) is 4. The van der Waals surface area contributed by atoms with E-state index < -0.39 is 0 Å². The first-order valence-corrected chi connectivity index (χ1v) is 9.69. The fourth-order valence-corrected chi connectivity index (χ4v) is 3.87. The van der Waals surface area contributed by atoms with Gasteiger partial charge in [0.2, 0.25) is 0 Å². The van der Waals surface area contributed by atoms with Gasteiger partial charge in [-0.2, -0.15) is 5.10 Å². The van der Waals surface area contributed by atoms with Gasteiger partial charge in [0.25, 0.3) is 0 Å². The number of likely N-dealkylation sites (tertiary alicyclic amines) is 1. The molecule has 1 atom stereocenters. The third-order valence-electron chi connectivity index (χ3n) is 5.21. The van der Waals surface area contributed by atoms with E-state index in [9.17, 15) is 0 Å². The van der Waals surface area contributed by atoms with E-state index >= 15 is 0 Å². The Morgan fingerprint density at radius 1 is 1.20 bits per heavy atom. The molecule has 0 saturated carbocycles. The summed E-state index contributed by atoms with van der Waals surface area (Å²) in [5.41, 5.74) is 2.76. The summed E-state index contributed by atoms with van der Waals surface area (Å²) in [5.74, 6) is 0.788. The van der Waals surface area contributed by atoms with Crippen molar-refractivity contribution in [3.63, 3.8) is 0 Å². The van der Waals surface area contributed by atoms with Crippen LogP contribution in [0.2, 0.25) is 0 Å². The molecule has 2 aromatic rings. The van der Waals surface area contributed by atoms with Crippen molar-refractivity contribution in [3.05, 3.63) is 53.9 Å². The van der Waals surface area contributed by atoms with Gasteiger partial charge in [0.1, 0.15) is 0 Å². The van der Waals surface area contributed by atoms with Crippen LogP contribution in [0.25, 0.3) is 0 Å². The first-order valence-electron chi connectivity index (χ1n) is 9.69. The predicted octanol–water partition coefficient (Wildman–Crippen LogP) is 3.29. The zero-order valence-corrected chi connectivity index (χ0v) is 15.8. The molecule has 4 heteroatoms. The van der Waals surface area contributed by atoms with Gasteiger partial charge in [0.05, 0.1) is 6.20 Å². The van der Waals surface area contributed by atoms with Crippen LogP contribution in [0.5, 0.6) is 0 Å². The maximum absolute atomic E-state index is 4.45. The molecule has 4 nitrogen and oxygen atoms in total. The summed E-state index contributed by atoms with van der Waals surface area (Å²) in [7, 11) is 2.26. The number of aromatic nitrogens is 2. The van der Waals surface area contributed by atoms with Crippen molar-refractivity contribution < 1.29 is 0 Å². The van der Waals surface area contributed by atoms with Crippen LogP contribution < -0.4 is 0 Å². The highest BCUT2D eigenvalue weighted by Gasteiger charge is 2.20. The highest BCUT2D eigenvalue weighted by Crippen LogP contribution is 2.18. The third-order valence-corrected chi connectivity index (χ3v) is 5.21. The van der Waals surface area contributed by atoms with Crippen LogP contribution in [-0.2, 0) is 19.5 Å². The zero-order chi connectivity index (χ0) is 17.5. The molecule has 1 aliphatic heterocycles. The van der Waals surface area contributed by atoms with E-state index in [-0.39, 0.29) is 0 Å². The summed E-state index contributed by atoms with van der Waals surface area (Å²) in [5, 5.41) is 4.45. The van der Waals surface area contributed by atoms with Crippen LogP contribution in [0, 0.1) is 5.92 Å². The smallest absolute Gasteiger partial charge is 0.0534 e. The van der Waals surface area contributed by atoms with Gasteiger partial charge in [-0.3, -0.25) is 9.58 Å². The highest BCUT2D eigenvalue weighted by atomic mass is 15.3. The molecule has 0 aliphatic carbocycles. The van der Waals surface area contributed by atoms with Crippen LogP contribution in [0.3, 0.4) is 0 Å². The monoisotopic (exact) mass is 340 g/mol. The lowest BCUT2D eigenvalue weighted by molar-refractivity contribution is 0.148. The Labute approximate surface area is 152 Å². The number of aryl methyl sites for hydroxylation is 1. The first kappa shape index (κ1) is 18.2. The highest BCUT2D eigenvalue weighted by molar-refractivity contribution is 5.15. The second-order valence-electron chi connectivity index (χ2n) is 7.45. The van der Waals surface area contributed by atoms with Gasteiger partial charge in [-0.15, -0.1) is 0 Å². The molecular weight excluding hydrogens is 308 g/mol. The fraction of sp³-hybridized carbons (Fsp3) is 0.571. The topological polar surface area (TPSA) is 24.3 Å². The van der Waals surface area contributed by atoms with Gasteiger partial charge < -0.3 is 4.90 Å². The first-order chi connectivity index (χ1) is 12.2. The minimum atomic E-state index is 0.788. The molecule has 3 rings (SSSR count). The Morgan fingerprint density at radius 3 is 2.76 bits per heavy atom. The molecule has 0 spiro atoms. The summed E-state index contributed by atoms with van der Waals surface area (Å²) in [6, 6.07) is 10.9. The number of benzene rings is 1. The Morgan fingerprint density at radius 2 is 2.04 bits per heavy atom. The molecule has 1 aliphatic rings. The lowest BCUT2D eigenvalue weighted by Gasteiger charge is -2.33. The molecule has 25 heavy (non-hydrogen) atoms. The Balaban J connectivity index is 1.61. The van der Waals surface area contributed by atoms with Crippen LogP contribution in [0.15, 0.2) is 42.7 Å². The van der Waals surface area contributed by atoms with Crippen molar-refractivity contribution in [3.8, 4) is 0 Å². The Hall–Kier alpha value is -1.65. The van der Waals surface area contributed by atoms with Crippen LogP contribution in [0.4, 0.5) is 0 Å². The molecule has 1 saturated heterocycles. The van der Waals surface area contributed by atoms with Crippen LogP contribution >= 0.6 is 0 Å². The van der Waals surface area contributed by atoms with Gasteiger partial charge in [0.15, 0.2) is 0 Å². The minimum absolute atomic E-state index is 0.788. The minimum Gasteiger partial charge on any atom is -0.306 e. The van der Waals surface area contributed by atoms with E-state index in [4.69, 9.17) is 0 Å². The molecule has 2 heterocycles. The van der Waals surface area contributed by atoms with Gasteiger partial charge in [-0.05, 0) is 51.3 Å². The summed E-state index contributed by atoms with van der Waals surface area (Å²) >= 11 is 0. The molecular formula is C21H32N4. The fourth-order valence-electron chi connectivity index (χ4n) is 3.87. The summed E-state index contributed by atoms with van der Waals surface area (Å²) in [4.78, 5) is 5.12. The van der Waals surface area contributed by atoms with Crippen LogP contribution in [-0.4, -0.2) is 52.8 Å². The second-order valence-corrected chi connectivity index (χ2v) is 7.45. The van der Waals surface area contributed by atoms with Crippen molar-refractivity contribution >= 4 is 0 Å². The summed E-state index contributed by atoms with van der Waals surface area (Å²) < 4.78 is 2.03. The Bertz CT molecular complexity index is 622. The van der Waals surface area contributed by atoms with Crippen LogP contribution in [0.1, 0.15) is 30.9 Å². The van der Waals surface area contributed by atoms with Crippen molar-refractivity contribution in [2.24, 2.45) is 5.92 Å². The van der Waals surface area contributed by atoms with E-state index in [1.54, 1.807) is 0 Å². The summed E-state index contributed by atoms with van der Waals surface area (Å²) in [6.07, 6.45) is 8.04.